The Kier molecular flexibility index (Phi) is 7.55. The first kappa shape index (κ1) is 22.6. The zero-order valence-corrected chi connectivity index (χ0v) is 19.6. The third kappa shape index (κ3) is 5.61. The van der Waals surface area contributed by atoms with Crippen LogP contribution >= 0.6 is 0 Å². The minimum atomic E-state index is 0.304. The number of amides is 1. The maximum atomic E-state index is 13.1. The number of rotatable bonds is 8. The third-order valence-corrected chi connectivity index (χ3v) is 7.32. The van der Waals surface area contributed by atoms with Gasteiger partial charge in [-0.05, 0) is 62.5 Å². The Hall–Kier alpha value is -1.59. The zero-order valence-electron chi connectivity index (χ0n) is 19.6. The number of hydrogen-bond acceptors (Lipinski definition) is 4. The Labute approximate surface area is 188 Å². The summed E-state index contributed by atoms with van der Waals surface area (Å²) in [5.41, 5.74) is 1.12. The standard InChI is InChI=1S/C26H40N2O3/c1-19(2)18-27-14-12-23(13-15-27)31-24-16-21-9-10-22(17-24)28(21)26(29)11-8-20-6-4-5-7-25(20)30-3/h4-7,19,21-24H,8-18H2,1-3H3/t21-,22+,24?. The highest BCUT2D eigenvalue weighted by Crippen LogP contribution is 2.38. The van der Waals surface area contributed by atoms with E-state index in [1.807, 2.05) is 18.2 Å². The minimum absolute atomic E-state index is 0.304. The Morgan fingerprint density at radius 1 is 1.03 bits per heavy atom. The molecule has 1 aromatic carbocycles. The van der Waals surface area contributed by atoms with Crippen LogP contribution in [0.4, 0.5) is 0 Å². The molecule has 3 aliphatic heterocycles. The molecule has 0 aromatic heterocycles. The summed E-state index contributed by atoms with van der Waals surface area (Å²) in [4.78, 5) is 17.9. The minimum Gasteiger partial charge on any atom is -0.496 e. The normalized spacial score (nSPS) is 27.1. The van der Waals surface area contributed by atoms with E-state index in [2.05, 4.69) is 29.7 Å². The number of aryl methyl sites for hydroxylation is 1. The highest BCUT2D eigenvalue weighted by Gasteiger charge is 2.43. The number of carbonyl (C=O) groups excluding carboxylic acids is 1. The molecule has 1 aromatic rings. The number of nitrogens with zero attached hydrogens (tertiary/aromatic N) is 2. The molecule has 172 valence electrons. The summed E-state index contributed by atoms with van der Waals surface area (Å²) in [5.74, 6) is 1.92. The first-order valence-corrected chi connectivity index (χ1v) is 12.3. The van der Waals surface area contributed by atoms with Gasteiger partial charge in [-0.3, -0.25) is 4.79 Å². The highest BCUT2D eigenvalue weighted by atomic mass is 16.5. The fourth-order valence-electron chi connectivity index (χ4n) is 5.94. The maximum absolute atomic E-state index is 13.1. The van der Waals surface area contributed by atoms with E-state index in [9.17, 15) is 4.79 Å². The van der Waals surface area contributed by atoms with Crippen molar-refractivity contribution in [3.8, 4) is 5.75 Å². The average Bonchev–Trinajstić information content (AvgIpc) is 3.04. The third-order valence-electron chi connectivity index (χ3n) is 7.32. The van der Waals surface area contributed by atoms with Crippen LogP contribution < -0.4 is 4.74 Å². The van der Waals surface area contributed by atoms with Crippen LogP contribution in [0.25, 0.3) is 0 Å². The number of benzene rings is 1. The van der Waals surface area contributed by atoms with Crippen LogP contribution in [0.5, 0.6) is 5.75 Å². The number of ether oxygens (including phenoxy) is 2. The SMILES string of the molecule is COc1ccccc1CCC(=O)N1[C@@H]2CC[C@H]1CC(OC1CCN(CC(C)C)CC1)C2. The molecule has 0 aliphatic carbocycles. The molecular formula is C26H40N2O3. The smallest absolute Gasteiger partial charge is 0.223 e. The molecule has 0 spiro atoms. The molecule has 2 bridgehead atoms. The predicted molar refractivity (Wildman–Crippen MR) is 123 cm³/mol. The summed E-state index contributed by atoms with van der Waals surface area (Å²) in [6.45, 7) is 8.12. The molecule has 0 radical (unpaired) electrons. The van der Waals surface area contributed by atoms with Crippen LogP contribution in [-0.4, -0.2) is 66.7 Å². The Morgan fingerprint density at radius 2 is 1.71 bits per heavy atom. The summed E-state index contributed by atoms with van der Waals surface area (Å²) < 4.78 is 12.0. The first-order chi connectivity index (χ1) is 15.0. The molecule has 4 rings (SSSR count). The van der Waals surface area contributed by atoms with Gasteiger partial charge in [-0.2, -0.15) is 0 Å². The van der Waals surface area contributed by atoms with Gasteiger partial charge in [0.2, 0.25) is 5.91 Å². The second-order valence-electron chi connectivity index (χ2n) is 10.1. The maximum Gasteiger partial charge on any atom is 0.223 e. The fourth-order valence-corrected chi connectivity index (χ4v) is 5.94. The van der Waals surface area contributed by atoms with Gasteiger partial charge in [0.05, 0.1) is 19.3 Å². The lowest BCUT2D eigenvalue weighted by Crippen LogP contribution is -2.50. The van der Waals surface area contributed by atoms with Crippen molar-refractivity contribution in [3.05, 3.63) is 29.8 Å². The van der Waals surface area contributed by atoms with Crippen molar-refractivity contribution in [1.82, 2.24) is 9.80 Å². The van der Waals surface area contributed by atoms with Crippen molar-refractivity contribution in [2.24, 2.45) is 5.92 Å². The van der Waals surface area contributed by atoms with E-state index in [1.54, 1.807) is 7.11 Å². The van der Waals surface area contributed by atoms with Crippen molar-refractivity contribution >= 4 is 5.91 Å². The molecule has 31 heavy (non-hydrogen) atoms. The lowest BCUT2D eigenvalue weighted by molar-refractivity contribution is -0.140. The van der Waals surface area contributed by atoms with Crippen molar-refractivity contribution in [2.45, 2.75) is 89.5 Å². The Morgan fingerprint density at radius 3 is 2.35 bits per heavy atom. The van der Waals surface area contributed by atoms with Crippen molar-refractivity contribution in [2.75, 3.05) is 26.7 Å². The molecule has 1 unspecified atom stereocenters. The first-order valence-electron chi connectivity index (χ1n) is 12.3. The molecule has 3 aliphatic rings. The quantitative estimate of drug-likeness (QED) is 0.620. The van der Waals surface area contributed by atoms with Crippen molar-refractivity contribution < 1.29 is 14.3 Å². The summed E-state index contributed by atoms with van der Waals surface area (Å²) >= 11 is 0. The van der Waals surface area contributed by atoms with E-state index < -0.39 is 0 Å². The Bertz CT molecular complexity index is 715. The molecule has 3 atom stereocenters. The predicted octanol–water partition coefficient (Wildman–Crippen LogP) is 4.29. The number of methoxy groups -OCH3 is 1. The van der Waals surface area contributed by atoms with Gasteiger partial charge in [0.1, 0.15) is 5.75 Å². The van der Waals surface area contributed by atoms with E-state index in [0.717, 1.165) is 75.3 Å². The van der Waals surface area contributed by atoms with Crippen LogP contribution in [0.15, 0.2) is 24.3 Å². The summed E-state index contributed by atoms with van der Waals surface area (Å²) in [7, 11) is 1.69. The number of hydrogen-bond donors (Lipinski definition) is 0. The van der Waals surface area contributed by atoms with Gasteiger partial charge in [0.15, 0.2) is 0 Å². The van der Waals surface area contributed by atoms with Crippen molar-refractivity contribution in [3.63, 3.8) is 0 Å². The van der Waals surface area contributed by atoms with E-state index in [-0.39, 0.29) is 0 Å². The summed E-state index contributed by atoms with van der Waals surface area (Å²) in [6.07, 6.45) is 8.65. The molecule has 5 heteroatoms. The summed E-state index contributed by atoms with van der Waals surface area (Å²) in [6, 6.07) is 8.77. The lowest BCUT2D eigenvalue weighted by atomic mass is 9.97. The van der Waals surface area contributed by atoms with E-state index in [0.29, 0.717) is 36.6 Å². The summed E-state index contributed by atoms with van der Waals surface area (Å²) in [5, 5.41) is 0. The molecule has 1 amide bonds. The monoisotopic (exact) mass is 428 g/mol. The lowest BCUT2D eigenvalue weighted by Gasteiger charge is -2.41. The van der Waals surface area contributed by atoms with Crippen LogP contribution in [-0.2, 0) is 16.0 Å². The van der Waals surface area contributed by atoms with Gasteiger partial charge in [-0.1, -0.05) is 32.0 Å². The molecule has 5 nitrogen and oxygen atoms in total. The van der Waals surface area contributed by atoms with Gasteiger partial charge in [-0.15, -0.1) is 0 Å². The van der Waals surface area contributed by atoms with Gasteiger partial charge >= 0.3 is 0 Å². The number of para-hydroxylation sites is 1. The van der Waals surface area contributed by atoms with Gasteiger partial charge in [-0.25, -0.2) is 0 Å². The number of fused-ring (bicyclic) bond motifs is 2. The highest BCUT2D eigenvalue weighted by molar-refractivity contribution is 5.77. The topological polar surface area (TPSA) is 42.0 Å². The van der Waals surface area contributed by atoms with E-state index >= 15 is 0 Å². The number of piperidine rings is 2. The second kappa shape index (κ2) is 10.4. The second-order valence-corrected chi connectivity index (χ2v) is 10.1. The molecular weight excluding hydrogens is 388 g/mol. The fraction of sp³-hybridized carbons (Fsp3) is 0.731. The van der Waals surface area contributed by atoms with E-state index in [1.165, 1.54) is 6.54 Å². The van der Waals surface area contributed by atoms with Crippen molar-refractivity contribution in [1.29, 1.82) is 0 Å². The van der Waals surface area contributed by atoms with Gasteiger partial charge in [0, 0.05) is 38.1 Å². The van der Waals surface area contributed by atoms with Crippen LogP contribution in [0, 0.1) is 5.92 Å². The number of likely N-dealkylation sites (tertiary alicyclic amines) is 1. The molecule has 3 heterocycles. The average molecular weight is 429 g/mol. The molecule has 3 saturated heterocycles. The Balaban J connectivity index is 1.25. The van der Waals surface area contributed by atoms with E-state index in [4.69, 9.17) is 9.47 Å². The van der Waals surface area contributed by atoms with Crippen LogP contribution in [0.2, 0.25) is 0 Å². The van der Waals surface area contributed by atoms with Gasteiger partial charge in [0.25, 0.3) is 0 Å². The zero-order chi connectivity index (χ0) is 21.8. The molecule has 3 fully saturated rings. The number of carbonyl (C=O) groups is 1. The molecule has 0 saturated carbocycles. The van der Waals surface area contributed by atoms with Crippen LogP contribution in [0.1, 0.15) is 64.4 Å². The van der Waals surface area contributed by atoms with Gasteiger partial charge < -0.3 is 19.3 Å². The van der Waals surface area contributed by atoms with Crippen LogP contribution in [0.3, 0.4) is 0 Å². The largest absolute Gasteiger partial charge is 0.496 e. The molecule has 0 N–H and O–H groups in total.